The molecule has 0 atom stereocenters. The van der Waals surface area contributed by atoms with Gasteiger partial charge in [0.1, 0.15) is 5.75 Å². The first kappa shape index (κ1) is 18.7. The minimum Gasteiger partial charge on any atom is -0.496 e. The molecule has 0 aromatic heterocycles. The Balaban J connectivity index is 1.75. The lowest BCUT2D eigenvalue weighted by Gasteiger charge is -2.09. The molecule has 0 heterocycles. The number of carbonyl (C=O) groups excluding carboxylic acids is 2. The normalized spacial score (nSPS) is 10.5. The summed E-state index contributed by atoms with van der Waals surface area (Å²) in [5, 5.41) is 2.68. The van der Waals surface area contributed by atoms with Gasteiger partial charge in [0.2, 0.25) is 0 Å². The molecule has 0 spiro atoms. The van der Waals surface area contributed by atoms with Gasteiger partial charge in [0.25, 0.3) is 5.91 Å². The lowest BCUT2D eigenvalue weighted by atomic mass is 10.2. The molecule has 130 valence electrons. The van der Waals surface area contributed by atoms with Crippen LogP contribution in [-0.2, 0) is 20.9 Å². The van der Waals surface area contributed by atoms with E-state index in [0.717, 1.165) is 15.6 Å². The van der Waals surface area contributed by atoms with E-state index in [9.17, 15) is 9.59 Å². The zero-order chi connectivity index (χ0) is 18.1. The SMILES string of the molecule is COc1ccccc1CNC(=O)COC(=O)/C=C/c1ccc(Br)cc1. The number of carbonyl (C=O) groups is 2. The number of halogens is 1. The summed E-state index contributed by atoms with van der Waals surface area (Å²) in [5.74, 6) is -0.260. The highest BCUT2D eigenvalue weighted by Crippen LogP contribution is 2.16. The third-order valence-electron chi connectivity index (χ3n) is 3.30. The van der Waals surface area contributed by atoms with Crippen molar-refractivity contribution in [2.45, 2.75) is 6.54 Å². The minimum absolute atomic E-state index is 0.301. The zero-order valence-electron chi connectivity index (χ0n) is 13.7. The van der Waals surface area contributed by atoms with Crippen LogP contribution in [0.15, 0.2) is 59.1 Å². The van der Waals surface area contributed by atoms with E-state index in [4.69, 9.17) is 9.47 Å². The monoisotopic (exact) mass is 403 g/mol. The summed E-state index contributed by atoms with van der Waals surface area (Å²) >= 11 is 3.34. The summed E-state index contributed by atoms with van der Waals surface area (Å²) in [4.78, 5) is 23.4. The number of hydrogen-bond donors (Lipinski definition) is 1. The van der Waals surface area contributed by atoms with Gasteiger partial charge in [-0.3, -0.25) is 4.79 Å². The number of ether oxygens (including phenoxy) is 2. The van der Waals surface area contributed by atoms with Crippen LogP contribution in [0.2, 0.25) is 0 Å². The Morgan fingerprint density at radius 1 is 1.12 bits per heavy atom. The highest BCUT2D eigenvalue weighted by Gasteiger charge is 2.07. The highest BCUT2D eigenvalue weighted by molar-refractivity contribution is 9.10. The van der Waals surface area contributed by atoms with E-state index in [2.05, 4.69) is 21.2 Å². The highest BCUT2D eigenvalue weighted by atomic mass is 79.9. The summed E-state index contributed by atoms with van der Waals surface area (Å²) in [7, 11) is 1.57. The fourth-order valence-corrected chi connectivity index (χ4v) is 2.28. The van der Waals surface area contributed by atoms with Gasteiger partial charge < -0.3 is 14.8 Å². The number of nitrogens with one attached hydrogen (secondary N) is 1. The Bertz CT molecular complexity index is 756. The largest absolute Gasteiger partial charge is 0.496 e. The van der Waals surface area contributed by atoms with Gasteiger partial charge in [-0.2, -0.15) is 0 Å². The molecule has 0 fully saturated rings. The molecule has 0 unspecified atom stereocenters. The van der Waals surface area contributed by atoms with Crippen LogP contribution in [0.5, 0.6) is 5.75 Å². The van der Waals surface area contributed by atoms with Crippen molar-refractivity contribution in [3.8, 4) is 5.75 Å². The second kappa shape index (κ2) is 9.64. The molecule has 0 saturated heterocycles. The van der Waals surface area contributed by atoms with E-state index in [1.165, 1.54) is 6.08 Å². The van der Waals surface area contributed by atoms with Crippen LogP contribution in [0.1, 0.15) is 11.1 Å². The zero-order valence-corrected chi connectivity index (χ0v) is 15.3. The molecule has 0 aliphatic heterocycles. The smallest absolute Gasteiger partial charge is 0.331 e. The van der Waals surface area contributed by atoms with Crippen molar-refractivity contribution in [1.82, 2.24) is 5.32 Å². The molecule has 25 heavy (non-hydrogen) atoms. The summed E-state index contributed by atoms with van der Waals surface area (Å²) in [6, 6.07) is 14.8. The summed E-state index contributed by atoms with van der Waals surface area (Å²) < 4.78 is 11.1. The van der Waals surface area contributed by atoms with Crippen LogP contribution in [0.3, 0.4) is 0 Å². The molecule has 1 N–H and O–H groups in total. The number of benzene rings is 2. The first-order valence-electron chi connectivity index (χ1n) is 7.57. The van der Waals surface area contributed by atoms with Gasteiger partial charge in [0, 0.05) is 22.7 Å². The number of amides is 1. The average Bonchev–Trinajstić information content (AvgIpc) is 2.64. The van der Waals surface area contributed by atoms with Crippen molar-refractivity contribution in [3.05, 3.63) is 70.2 Å². The third-order valence-corrected chi connectivity index (χ3v) is 3.82. The van der Waals surface area contributed by atoms with Gasteiger partial charge in [-0.25, -0.2) is 4.79 Å². The topological polar surface area (TPSA) is 64.6 Å². The lowest BCUT2D eigenvalue weighted by molar-refractivity contribution is -0.143. The minimum atomic E-state index is -0.574. The summed E-state index contributed by atoms with van der Waals surface area (Å²) in [5.41, 5.74) is 1.71. The maximum atomic E-state index is 11.8. The molecule has 0 aliphatic carbocycles. The maximum absolute atomic E-state index is 11.8. The van der Waals surface area contributed by atoms with Crippen molar-refractivity contribution >= 4 is 33.9 Å². The number of para-hydroxylation sites is 1. The number of rotatable bonds is 7. The molecule has 0 saturated carbocycles. The fourth-order valence-electron chi connectivity index (χ4n) is 2.02. The molecule has 2 rings (SSSR count). The van der Waals surface area contributed by atoms with Crippen molar-refractivity contribution in [2.24, 2.45) is 0 Å². The fraction of sp³-hybridized carbons (Fsp3) is 0.158. The molecule has 6 heteroatoms. The predicted octanol–water partition coefficient (Wildman–Crippen LogP) is 3.33. The van der Waals surface area contributed by atoms with E-state index in [1.54, 1.807) is 13.2 Å². The van der Waals surface area contributed by atoms with Crippen LogP contribution in [0.25, 0.3) is 6.08 Å². The van der Waals surface area contributed by atoms with Gasteiger partial charge in [-0.1, -0.05) is 46.3 Å². The van der Waals surface area contributed by atoms with Gasteiger partial charge >= 0.3 is 5.97 Å². The van der Waals surface area contributed by atoms with Crippen molar-refractivity contribution in [2.75, 3.05) is 13.7 Å². The molecule has 5 nitrogen and oxygen atoms in total. The predicted molar refractivity (Wildman–Crippen MR) is 99.0 cm³/mol. The molecule has 2 aromatic carbocycles. The summed E-state index contributed by atoms with van der Waals surface area (Å²) in [6.45, 7) is -0.0339. The maximum Gasteiger partial charge on any atom is 0.331 e. The lowest BCUT2D eigenvalue weighted by Crippen LogP contribution is -2.28. The molecular formula is C19H18BrNO4. The van der Waals surface area contributed by atoms with Crippen LogP contribution in [0.4, 0.5) is 0 Å². The second-order valence-electron chi connectivity index (χ2n) is 5.08. The number of methoxy groups -OCH3 is 1. The van der Waals surface area contributed by atoms with Crippen LogP contribution in [-0.4, -0.2) is 25.6 Å². The van der Waals surface area contributed by atoms with Crippen LogP contribution < -0.4 is 10.1 Å². The third kappa shape index (κ3) is 6.43. The van der Waals surface area contributed by atoms with Crippen LogP contribution in [0, 0.1) is 0 Å². The van der Waals surface area contributed by atoms with Crippen LogP contribution >= 0.6 is 15.9 Å². The molecule has 0 aliphatic rings. The molecular weight excluding hydrogens is 386 g/mol. The Kier molecular flexibility index (Phi) is 7.22. The molecule has 2 aromatic rings. The van der Waals surface area contributed by atoms with Gasteiger partial charge in [-0.05, 0) is 29.8 Å². The average molecular weight is 404 g/mol. The van der Waals surface area contributed by atoms with E-state index in [-0.39, 0.29) is 12.5 Å². The Morgan fingerprint density at radius 2 is 1.84 bits per heavy atom. The quantitative estimate of drug-likeness (QED) is 0.568. The second-order valence-corrected chi connectivity index (χ2v) is 6.00. The Morgan fingerprint density at radius 3 is 2.56 bits per heavy atom. The van der Waals surface area contributed by atoms with Gasteiger partial charge in [0.05, 0.1) is 7.11 Å². The van der Waals surface area contributed by atoms with E-state index in [1.807, 2.05) is 48.5 Å². The Hall–Kier alpha value is -2.60. The van der Waals surface area contributed by atoms with Gasteiger partial charge in [0.15, 0.2) is 6.61 Å². The van der Waals surface area contributed by atoms with Crippen molar-refractivity contribution in [3.63, 3.8) is 0 Å². The van der Waals surface area contributed by atoms with E-state index in [0.29, 0.717) is 12.3 Å². The molecule has 0 radical (unpaired) electrons. The van der Waals surface area contributed by atoms with Crippen molar-refractivity contribution in [1.29, 1.82) is 0 Å². The number of esters is 1. The molecule has 1 amide bonds. The standard InChI is InChI=1S/C19H18BrNO4/c1-24-17-5-3-2-4-15(17)12-21-18(22)13-25-19(23)11-8-14-6-9-16(20)10-7-14/h2-11H,12-13H2,1H3,(H,21,22)/b11-8+. The first-order chi connectivity index (χ1) is 12.1. The van der Waals surface area contributed by atoms with Gasteiger partial charge in [-0.15, -0.1) is 0 Å². The summed E-state index contributed by atoms with van der Waals surface area (Å²) in [6.07, 6.45) is 2.91. The first-order valence-corrected chi connectivity index (χ1v) is 8.37. The van der Waals surface area contributed by atoms with E-state index >= 15 is 0 Å². The molecule has 0 bridgehead atoms. The number of hydrogen-bond acceptors (Lipinski definition) is 4. The van der Waals surface area contributed by atoms with Crippen molar-refractivity contribution < 1.29 is 19.1 Å². The van der Waals surface area contributed by atoms with E-state index < -0.39 is 5.97 Å². The Labute approximate surface area is 154 Å².